The van der Waals surface area contributed by atoms with Gasteiger partial charge in [-0.05, 0) is 38.3 Å². The van der Waals surface area contributed by atoms with Crippen molar-refractivity contribution in [2.45, 2.75) is 52.8 Å². The Hall–Kier alpha value is -1.51. The lowest BCUT2D eigenvalue weighted by atomic mass is 10.1. The number of aliphatic imine (C=N–C) groups is 1. The molecule has 148 valence electrons. The summed E-state index contributed by atoms with van der Waals surface area (Å²) in [6.45, 7) is 9.83. The van der Waals surface area contributed by atoms with Gasteiger partial charge < -0.3 is 20.3 Å². The highest BCUT2D eigenvalue weighted by molar-refractivity contribution is 14.0. The second kappa shape index (κ2) is 12.0. The molecule has 0 radical (unpaired) electrons. The summed E-state index contributed by atoms with van der Waals surface area (Å²) in [4.78, 5) is 17.8. The molecule has 0 atom stereocenters. The number of nitrogens with zero attached hydrogens (tertiary/aromatic N) is 2. The van der Waals surface area contributed by atoms with Gasteiger partial charge >= 0.3 is 6.09 Å². The third kappa shape index (κ3) is 9.84. The SMILES string of the molecule is CCCNC(=NC)NCc1ccc(CN(C)C(=O)OC(C)(C)C)cc1.I. The van der Waals surface area contributed by atoms with E-state index in [1.165, 1.54) is 0 Å². The van der Waals surface area contributed by atoms with E-state index in [0.29, 0.717) is 13.1 Å². The highest BCUT2D eigenvalue weighted by Gasteiger charge is 2.19. The number of hydrogen-bond donors (Lipinski definition) is 2. The first-order valence-electron chi connectivity index (χ1n) is 8.71. The third-order valence-corrected chi connectivity index (χ3v) is 3.37. The minimum atomic E-state index is -0.481. The van der Waals surface area contributed by atoms with Gasteiger partial charge in [-0.2, -0.15) is 0 Å². The highest BCUT2D eigenvalue weighted by Crippen LogP contribution is 2.12. The van der Waals surface area contributed by atoms with Crippen LogP contribution >= 0.6 is 24.0 Å². The summed E-state index contributed by atoms with van der Waals surface area (Å²) < 4.78 is 5.36. The van der Waals surface area contributed by atoms with Crippen LogP contribution in [-0.2, 0) is 17.8 Å². The largest absolute Gasteiger partial charge is 0.444 e. The maximum Gasteiger partial charge on any atom is 0.410 e. The van der Waals surface area contributed by atoms with Gasteiger partial charge in [-0.25, -0.2) is 4.79 Å². The fourth-order valence-electron chi connectivity index (χ4n) is 2.09. The summed E-state index contributed by atoms with van der Waals surface area (Å²) in [5.74, 6) is 0.801. The van der Waals surface area contributed by atoms with Gasteiger partial charge in [0.05, 0.1) is 0 Å². The van der Waals surface area contributed by atoms with E-state index < -0.39 is 5.60 Å². The number of nitrogens with one attached hydrogen (secondary N) is 2. The van der Waals surface area contributed by atoms with Gasteiger partial charge in [-0.3, -0.25) is 4.99 Å². The molecular formula is C19H33IN4O2. The molecule has 0 heterocycles. The standard InChI is InChI=1S/C19H32N4O2.HI/c1-7-12-21-17(20-5)22-13-15-8-10-16(11-9-15)14-23(6)18(24)25-19(2,3)4;/h8-11H,7,12-14H2,1-6H3,(H2,20,21,22);1H. The molecule has 0 aromatic heterocycles. The lowest BCUT2D eigenvalue weighted by molar-refractivity contribution is 0.0285. The van der Waals surface area contributed by atoms with Crippen LogP contribution in [0.2, 0.25) is 0 Å². The summed E-state index contributed by atoms with van der Waals surface area (Å²) in [6, 6.07) is 8.16. The first-order chi connectivity index (χ1) is 11.7. The van der Waals surface area contributed by atoms with Gasteiger partial charge in [0.2, 0.25) is 0 Å². The number of halogens is 1. The van der Waals surface area contributed by atoms with Crippen molar-refractivity contribution in [3.63, 3.8) is 0 Å². The van der Waals surface area contributed by atoms with E-state index in [-0.39, 0.29) is 30.1 Å². The van der Waals surface area contributed by atoms with E-state index in [2.05, 4.69) is 34.7 Å². The number of hydrogen-bond acceptors (Lipinski definition) is 3. The Labute approximate surface area is 174 Å². The lowest BCUT2D eigenvalue weighted by Crippen LogP contribution is -2.37. The van der Waals surface area contributed by atoms with Gasteiger partial charge in [0.15, 0.2) is 5.96 Å². The normalized spacial score (nSPS) is 11.4. The van der Waals surface area contributed by atoms with E-state index in [0.717, 1.165) is 30.1 Å². The van der Waals surface area contributed by atoms with Crippen LogP contribution < -0.4 is 10.6 Å². The van der Waals surface area contributed by atoms with Crippen LogP contribution in [0.25, 0.3) is 0 Å². The molecule has 0 aliphatic heterocycles. The molecule has 2 N–H and O–H groups in total. The molecule has 1 amide bonds. The summed E-state index contributed by atoms with van der Waals surface area (Å²) in [7, 11) is 3.51. The quantitative estimate of drug-likeness (QED) is 0.373. The zero-order valence-electron chi connectivity index (χ0n) is 16.8. The minimum absolute atomic E-state index is 0. The maximum atomic E-state index is 12.0. The monoisotopic (exact) mass is 476 g/mol. The third-order valence-electron chi connectivity index (χ3n) is 3.37. The minimum Gasteiger partial charge on any atom is -0.444 e. The fraction of sp³-hybridized carbons (Fsp3) is 0.579. The van der Waals surface area contributed by atoms with Crippen LogP contribution in [0.4, 0.5) is 4.79 Å². The van der Waals surface area contributed by atoms with Gasteiger partial charge in [0.1, 0.15) is 5.60 Å². The second-order valence-corrected chi connectivity index (χ2v) is 7.01. The molecule has 0 saturated carbocycles. The number of guanidine groups is 1. The summed E-state index contributed by atoms with van der Waals surface area (Å²) in [5, 5.41) is 6.52. The first-order valence-corrected chi connectivity index (χ1v) is 8.71. The predicted octanol–water partition coefficient (Wildman–Crippen LogP) is 3.75. The molecule has 0 bridgehead atoms. The van der Waals surface area contributed by atoms with Crippen molar-refractivity contribution in [1.29, 1.82) is 0 Å². The lowest BCUT2D eigenvalue weighted by Gasteiger charge is -2.24. The van der Waals surface area contributed by atoms with Crippen LogP contribution in [-0.4, -0.2) is 43.2 Å². The molecule has 0 fully saturated rings. The molecule has 1 rings (SSSR count). The zero-order chi connectivity index (χ0) is 18.9. The Balaban J connectivity index is 0.00000625. The summed E-state index contributed by atoms with van der Waals surface area (Å²) in [6.07, 6.45) is 0.740. The molecule has 1 aromatic carbocycles. The van der Waals surface area contributed by atoms with Crippen LogP contribution in [0, 0.1) is 0 Å². The predicted molar refractivity (Wildman–Crippen MR) is 118 cm³/mol. The topological polar surface area (TPSA) is 66.0 Å². The Morgan fingerprint density at radius 2 is 1.73 bits per heavy atom. The first kappa shape index (κ1) is 24.5. The second-order valence-electron chi connectivity index (χ2n) is 7.01. The van der Waals surface area contributed by atoms with Crippen molar-refractivity contribution in [3.8, 4) is 0 Å². The Morgan fingerprint density at radius 1 is 1.15 bits per heavy atom. The fourth-order valence-corrected chi connectivity index (χ4v) is 2.09. The maximum absolute atomic E-state index is 12.0. The van der Waals surface area contributed by atoms with Crippen LogP contribution in [0.1, 0.15) is 45.2 Å². The van der Waals surface area contributed by atoms with Gasteiger partial charge in [0, 0.05) is 33.7 Å². The molecule has 7 heteroatoms. The molecule has 6 nitrogen and oxygen atoms in total. The van der Waals surface area contributed by atoms with Crippen molar-refractivity contribution in [2.24, 2.45) is 4.99 Å². The van der Waals surface area contributed by atoms with Crippen LogP contribution in [0.15, 0.2) is 29.3 Å². The number of ether oxygens (including phenoxy) is 1. The number of amides is 1. The average molecular weight is 476 g/mol. The molecule has 0 unspecified atom stereocenters. The average Bonchev–Trinajstić information content (AvgIpc) is 2.55. The van der Waals surface area contributed by atoms with Crippen molar-refractivity contribution in [3.05, 3.63) is 35.4 Å². The van der Waals surface area contributed by atoms with E-state index in [4.69, 9.17) is 4.74 Å². The van der Waals surface area contributed by atoms with Crippen molar-refractivity contribution >= 4 is 36.0 Å². The van der Waals surface area contributed by atoms with Gasteiger partial charge in [-0.15, -0.1) is 24.0 Å². The number of rotatable bonds is 6. The van der Waals surface area contributed by atoms with Crippen molar-refractivity contribution in [2.75, 3.05) is 20.6 Å². The van der Waals surface area contributed by atoms with Crippen LogP contribution in [0.3, 0.4) is 0 Å². The van der Waals surface area contributed by atoms with E-state index in [1.807, 2.05) is 32.9 Å². The van der Waals surface area contributed by atoms with Crippen LogP contribution in [0.5, 0.6) is 0 Å². The van der Waals surface area contributed by atoms with Crippen molar-refractivity contribution in [1.82, 2.24) is 15.5 Å². The van der Waals surface area contributed by atoms with Gasteiger partial charge in [-0.1, -0.05) is 31.2 Å². The molecule has 0 spiro atoms. The smallest absolute Gasteiger partial charge is 0.410 e. The molecule has 26 heavy (non-hydrogen) atoms. The van der Waals surface area contributed by atoms with E-state index >= 15 is 0 Å². The van der Waals surface area contributed by atoms with Crippen molar-refractivity contribution < 1.29 is 9.53 Å². The molecule has 0 saturated heterocycles. The highest BCUT2D eigenvalue weighted by atomic mass is 127. The Morgan fingerprint density at radius 3 is 2.23 bits per heavy atom. The number of carbonyl (C=O) groups excluding carboxylic acids is 1. The molecular weight excluding hydrogens is 443 g/mol. The zero-order valence-corrected chi connectivity index (χ0v) is 19.1. The molecule has 1 aromatic rings. The summed E-state index contributed by atoms with van der Waals surface area (Å²) >= 11 is 0. The Kier molecular flexibility index (Phi) is 11.3. The molecule has 0 aliphatic carbocycles. The summed E-state index contributed by atoms with van der Waals surface area (Å²) in [5.41, 5.74) is 1.74. The molecule has 0 aliphatic rings. The van der Waals surface area contributed by atoms with Gasteiger partial charge in [0.25, 0.3) is 0 Å². The van der Waals surface area contributed by atoms with E-state index in [9.17, 15) is 4.79 Å². The van der Waals surface area contributed by atoms with E-state index in [1.54, 1.807) is 19.0 Å². The number of benzene rings is 1. The number of carbonyl (C=O) groups is 1. The Bertz CT molecular complexity index is 568.